The molecule has 8 heteroatoms. The molecule has 4 rings (SSSR count). The second-order valence-electron chi connectivity index (χ2n) is 6.92. The monoisotopic (exact) mass is 426 g/mol. The predicted molar refractivity (Wildman–Crippen MR) is 113 cm³/mol. The first kappa shape index (κ1) is 20.0. The van der Waals surface area contributed by atoms with Crippen LogP contribution >= 0.6 is 11.6 Å². The SMILES string of the molecule is Cc1ccccc1CN(Cc1cc(=O)[nH]c2c(F)c(F)ccc12)c1cc(Cl)ncn1. The summed E-state index contributed by atoms with van der Waals surface area (Å²) >= 11 is 6.06. The third-order valence-electron chi connectivity index (χ3n) is 4.92. The van der Waals surface area contributed by atoms with Gasteiger partial charge in [0.1, 0.15) is 17.3 Å². The Morgan fingerprint density at radius 1 is 1.03 bits per heavy atom. The Labute approximate surface area is 176 Å². The fourth-order valence-electron chi connectivity index (χ4n) is 3.38. The lowest BCUT2D eigenvalue weighted by Gasteiger charge is -2.25. The van der Waals surface area contributed by atoms with E-state index in [0.29, 0.717) is 23.3 Å². The number of aryl methyl sites for hydroxylation is 1. The van der Waals surface area contributed by atoms with E-state index in [1.165, 1.54) is 18.5 Å². The van der Waals surface area contributed by atoms with Crippen LogP contribution in [0.25, 0.3) is 10.9 Å². The highest BCUT2D eigenvalue weighted by Gasteiger charge is 2.17. The molecule has 30 heavy (non-hydrogen) atoms. The number of hydrogen-bond acceptors (Lipinski definition) is 4. The van der Waals surface area contributed by atoms with Crippen molar-refractivity contribution in [3.63, 3.8) is 0 Å². The number of pyridine rings is 1. The Bertz CT molecular complexity index is 1290. The summed E-state index contributed by atoms with van der Waals surface area (Å²) in [7, 11) is 0. The van der Waals surface area contributed by atoms with Crippen LogP contribution in [0.5, 0.6) is 0 Å². The van der Waals surface area contributed by atoms with Crippen molar-refractivity contribution in [2.45, 2.75) is 20.0 Å². The summed E-state index contributed by atoms with van der Waals surface area (Å²) in [6.45, 7) is 2.70. The number of aromatic amines is 1. The zero-order valence-electron chi connectivity index (χ0n) is 16.0. The maximum absolute atomic E-state index is 14.3. The molecule has 1 N–H and O–H groups in total. The van der Waals surface area contributed by atoms with Crippen LogP contribution < -0.4 is 10.5 Å². The Kier molecular flexibility index (Phi) is 5.46. The van der Waals surface area contributed by atoms with E-state index in [4.69, 9.17) is 11.6 Å². The van der Waals surface area contributed by atoms with Crippen LogP contribution in [0.15, 0.2) is 59.7 Å². The smallest absolute Gasteiger partial charge is 0.248 e. The number of nitrogens with zero attached hydrogens (tertiary/aromatic N) is 3. The molecule has 0 aliphatic rings. The van der Waals surface area contributed by atoms with E-state index in [2.05, 4.69) is 15.0 Å². The third-order valence-corrected chi connectivity index (χ3v) is 5.13. The minimum atomic E-state index is -1.08. The van der Waals surface area contributed by atoms with Crippen LogP contribution in [0.3, 0.4) is 0 Å². The van der Waals surface area contributed by atoms with E-state index in [1.54, 1.807) is 6.07 Å². The second-order valence-corrected chi connectivity index (χ2v) is 7.31. The number of fused-ring (bicyclic) bond motifs is 1. The van der Waals surface area contributed by atoms with Gasteiger partial charge < -0.3 is 9.88 Å². The highest BCUT2D eigenvalue weighted by Crippen LogP contribution is 2.25. The highest BCUT2D eigenvalue weighted by molar-refractivity contribution is 6.29. The van der Waals surface area contributed by atoms with Crippen molar-refractivity contribution >= 4 is 28.3 Å². The van der Waals surface area contributed by atoms with E-state index in [-0.39, 0.29) is 17.2 Å². The van der Waals surface area contributed by atoms with Crippen LogP contribution in [0.4, 0.5) is 14.6 Å². The average molecular weight is 427 g/mol. The summed E-state index contributed by atoms with van der Waals surface area (Å²) in [6.07, 6.45) is 1.35. The largest absolute Gasteiger partial charge is 0.348 e. The maximum atomic E-state index is 14.3. The van der Waals surface area contributed by atoms with Crippen LogP contribution in [-0.4, -0.2) is 15.0 Å². The lowest BCUT2D eigenvalue weighted by molar-refractivity contribution is 0.515. The Morgan fingerprint density at radius 3 is 2.57 bits per heavy atom. The van der Waals surface area contributed by atoms with Crippen molar-refractivity contribution in [3.8, 4) is 0 Å². The van der Waals surface area contributed by atoms with Gasteiger partial charge in [0.15, 0.2) is 11.6 Å². The van der Waals surface area contributed by atoms with Crippen molar-refractivity contribution < 1.29 is 8.78 Å². The molecule has 2 heterocycles. The molecule has 0 saturated carbocycles. The maximum Gasteiger partial charge on any atom is 0.248 e. The molecule has 152 valence electrons. The number of rotatable bonds is 5. The molecular formula is C22H17ClF2N4O. The zero-order chi connectivity index (χ0) is 21.3. The summed E-state index contributed by atoms with van der Waals surface area (Å²) in [5.41, 5.74) is 2.01. The number of anilines is 1. The summed E-state index contributed by atoms with van der Waals surface area (Å²) in [4.78, 5) is 24.7. The Morgan fingerprint density at radius 2 is 1.80 bits per heavy atom. The summed E-state index contributed by atoms with van der Waals surface area (Å²) < 4.78 is 28.0. The first-order valence-electron chi connectivity index (χ1n) is 9.19. The van der Waals surface area contributed by atoms with E-state index in [9.17, 15) is 13.6 Å². The molecule has 4 aromatic rings. The lowest BCUT2D eigenvalue weighted by atomic mass is 10.1. The molecule has 5 nitrogen and oxygen atoms in total. The van der Waals surface area contributed by atoms with Gasteiger partial charge in [-0.2, -0.15) is 0 Å². The molecule has 0 amide bonds. The molecule has 0 radical (unpaired) electrons. The fourth-order valence-corrected chi connectivity index (χ4v) is 3.52. The van der Waals surface area contributed by atoms with Gasteiger partial charge in [-0.25, -0.2) is 18.7 Å². The topological polar surface area (TPSA) is 61.9 Å². The minimum Gasteiger partial charge on any atom is -0.348 e. The van der Waals surface area contributed by atoms with E-state index in [1.807, 2.05) is 36.1 Å². The highest BCUT2D eigenvalue weighted by atomic mass is 35.5. The van der Waals surface area contributed by atoms with Gasteiger partial charge in [-0.1, -0.05) is 35.9 Å². The van der Waals surface area contributed by atoms with Crippen molar-refractivity contribution in [2.24, 2.45) is 0 Å². The first-order valence-corrected chi connectivity index (χ1v) is 9.57. The van der Waals surface area contributed by atoms with Gasteiger partial charge in [0.25, 0.3) is 0 Å². The number of aromatic nitrogens is 3. The number of benzene rings is 2. The lowest BCUT2D eigenvalue weighted by Crippen LogP contribution is -2.25. The van der Waals surface area contributed by atoms with E-state index < -0.39 is 17.2 Å². The van der Waals surface area contributed by atoms with Gasteiger partial charge in [-0.15, -0.1) is 0 Å². The third kappa shape index (κ3) is 4.02. The Hall–Kier alpha value is -3.32. The standard InChI is InChI=1S/C22H17ClF2N4O/c1-13-4-2-3-5-14(13)10-29(19-9-18(23)26-12-27-19)11-15-8-20(30)28-22-16(15)6-7-17(24)21(22)25/h2-9,12H,10-11H2,1H3,(H,28,30). The van der Waals surface area contributed by atoms with Crippen LogP contribution in [0.1, 0.15) is 16.7 Å². The summed E-state index contributed by atoms with van der Waals surface area (Å²) in [5, 5.41) is 0.696. The van der Waals surface area contributed by atoms with Gasteiger partial charge in [-0.05, 0) is 35.7 Å². The van der Waals surface area contributed by atoms with Crippen molar-refractivity contribution in [3.05, 3.63) is 98.7 Å². The van der Waals surface area contributed by atoms with E-state index in [0.717, 1.165) is 17.2 Å². The molecular weight excluding hydrogens is 410 g/mol. The number of hydrogen-bond donors (Lipinski definition) is 1. The molecule has 0 fully saturated rings. The molecule has 0 atom stereocenters. The summed E-state index contributed by atoms with van der Waals surface area (Å²) in [5.74, 6) is -1.55. The molecule has 0 saturated heterocycles. The Balaban J connectivity index is 1.82. The molecule has 0 aliphatic heterocycles. The van der Waals surface area contributed by atoms with Gasteiger partial charge in [0.05, 0.1) is 5.52 Å². The average Bonchev–Trinajstić information content (AvgIpc) is 2.72. The molecule has 0 spiro atoms. The minimum absolute atomic E-state index is 0.158. The quantitative estimate of drug-likeness (QED) is 0.467. The van der Waals surface area contributed by atoms with E-state index >= 15 is 0 Å². The zero-order valence-corrected chi connectivity index (χ0v) is 16.8. The molecule has 2 aromatic carbocycles. The number of nitrogens with one attached hydrogen (secondary N) is 1. The number of halogens is 3. The molecule has 0 bridgehead atoms. The van der Waals surface area contributed by atoms with Gasteiger partial charge >= 0.3 is 0 Å². The van der Waals surface area contributed by atoms with Gasteiger partial charge in [-0.3, -0.25) is 4.79 Å². The van der Waals surface area contributed by atoms with Crippen LogP contribution in [0, 0.1) is 18.6 Å². The summed E-state index contributed by atoms with van der Waals surface area (Å²) in [6, 6.07) is 13.4. The van der Waals surface area contributed by atoms with Crippen molar-refractivity contribution in [2.75, 3.05) is 4.90 Å². The fraction of sp³-hybridized carbons (Fsp3) is 0.136. The molecule has 0 unspecified atom stereocenters. The second kappa shape index (κ2) is 8.20. The van der Waals surface area contributed by atoms with Gasteiger partial charge in [0, 0.05) is 30.6 Å². The van der Waals surface area contributed by atoms with Gasteiger partial charge in [0.2, 0.25) is 5.56 Å². The predicted octanol–water partition coefficient (Wildman–Crippen LogP) is 4.76. The molecule has 2 aromatic heterocycles. The first-order chi connectivity index (χ1) is 14.4. The van der Waals surface area contributed by atoms with Crippen LogP contribution in [0.2, 0.25) is 5.15 Å². The van der Waals surface area contributed by atoms with Crippen LogP contribution in [-0.2, 0) is 13.1 Å². The molecule has 0 aliphatic carbocycles. The van der Waals surface area contributed by atoms with Crippen molar-refractivity contribution in [1.29, 1.82) is 0 Å². The van der Waals surface area contributed by atoms with Crippen molar-refractivity contribution in [1.82, 2.24) is 15.0 Å². The normalized spacial score (nSPS) is 11.1. The number of H-pyrrole nitrogens is 1.